The molecule has 2 N–H and O–H groups in total. The number of nitrogens with zero attached hydrogens (tertiary/aromatic N) is 2. The van der Waals surface area contributed by atoms with E-state index in [9.17, 15) is 4.79 Å². The first-order valence-corrected chi connectivity index (χ1v) is 9.25. The first kappa shape index (κ1) is 18.4. The van der Waals surface area contributed by atoms with Crippen LogP contribution in [0.5, 0.6) is 0 Å². The van der Waals surface area contributed by atoms with Crippen molar-refractivity contribution in [3.8, 4) is 11.3 Å². The lowest BCUT2D eigenvalue weighted by Gasteiger charge is -2.10. The van der Waals surface area contributed by atoms with E-state index in [0.717, 1.165) is 22.4 Å². The molecule has 144 valence electrons. The van der Waals surface area contributed by atoms with Crippen molar-refractivity contribution in [1.82, 2.24) is 15.3 Å². The van der Waals surface area contributed by atoms with Gasteiger partial charge in [0.25, 0.3) is 11.9 Å². The van der Waals surface area contributed by atoms with Crippen LogP contribution in [0.1, 0.15) is 21.5 Å². The third-order valence-electron chi connectivity index (χ3n) is 4.50. The molecule has 0 aliphatic heterocycles. The molecule has 2 aromatic heterocycles. The average Bonchev–Trinajstić information content (AvgIpc) is 3.24. The molecule has 0 radical (unpaired) electrons. The summed E-state index contributed by atoms with van der Waals surface area (Å²) < 4.78 is 5.80. The number of anilines is 2. The number of carbonyl (C=O) groups excluding carboxylic acids is 1. The maximum absolute atomic E-state index is 12.2. The van der Waals surface area contributed by atoms with Gasteiger partial charge in [-0.2, -0.15) is 0 Å². The fourth-order valence-corrected chi connectivity index (χ4v) is 2.88. The van der Waals surface area contributed by atoms with Gasteiger partial charge in [0.1, 0.15) is 0 Å². The van der Waals surface area contributed by atoms with E-state index >= 15 is 0 Å². The topological polar surface area (TPSA) is 80.0 Å². The quantitative estimate of drug-likeness (QED) is 0.503. The van der Waals surface area contributed by atoms with Crippen LogP contribution in [0.15, 0.2) is 83.7 Å². The van der Waals surface area contributed by atoms with Crippen LogP contribution in [-0.4, -0.2) is 15.9 Å². The molecule has 0 bridgehead atoms. The van der Waals surface area contributed by atoms with E-state index in [1.54, 1.807) is 30.7 Å². The maximum atomic E-state index is 12.2. The van der Waals surface area contributed by atoms with Crippen LogP contribution in [-0.2, 0) is 6.54 Å². The molecule has 2 aromatic carbocycles. The Hall–Kier alpha value is -3.93. The van der Waals surface area contributed by atoms with Crippen molar-refractivity contribution in [2.45, 2.75) is 13.5 Å². The van der Waals surface area contributed by atoms with Crippen LogP contribution in [0.25, 0.3) is 11.3 Å². The van der Waals surface area contributed by atoms with E-state index in [2.05, 4.69) is 20.6 Å². The zero-order chi connectivity index (χ0) is 20.1. The number of amides is 1. The Bertz CT molecular complexity index is 1110. The summed E-state index contributed by atoms with van der Waals surface area (Å²) in [6, 6.07) is 19.3. The molecule has 0 saturated heterocycles. The molecule has 2 heterocycles. The second-order valence-electron chi connectivity index (χ2n) is 6.59. The number of nitrogens with one attached hydrogen (secondary N) is 2. The molecule has 0 fully saturated rings. The van der Waals surface area contributed by atoms with E-state index in [0.29, 0.717) is 23.9 Å². The molecule has 29 heavy (non-hydrogen) atoms. The Balaban J connectivity index is 1.45. The van der Waals surface area contributed by atoms with Crippen LogP contribution >= 0.6 is 0 Å². The Morgan fingerprint density at radius 3 is 2.62 bits per heavy atom. The van der Waals surface area contributed by atoms with Gasteiger partial charge in [-0.15, -0.1) is 0 Å². The maximum Gasteiger partial charge on any atom is 0.299 e. The van der Waals surface area contributed by atoms with Gasteiger partial charge in [-0.25, -0.2) is 4.98 Å². The largest absolute Gasteiger partial charge is 0.423 e. The summed E-state index contributed by atoms with van der Waals surface area (Å²) >= 11 is 0. The van der Waals surface area contributed by atoms with Crippen LogP contribution in [0.3, 0.4) is 0 Å². The monoisotopic (exact) mass is 384 g/mol. The molecule has 6 nitrogen and oxygen atoms in total. The number of aromatic nitrogens is 2. The predicted octanol–water partition coefficient (Wildman–Crippen LogP) is 4.72. The summed E-state index contributed by atoms with van der Waals surface area (Å²) in [5.74, 6) is 0.564. The molecule has 4 aromatic rings. The Labute approximate surface area is 168 Å². The number of rotatable bonds is 6. The van der Waals surface area contributed by atoms with Gasteiger partial charge in [0.2, 0.25) is 0 Å². The van der Waals surface area contributed by atoms with Crippen LogP contribution in [0.4, 0.5) is 11.7 Å². The Morgan fingerprint density at radius 2 is 1.83 bits per heavy atom. The number of carbonyl (C=O) groups is 1. The van der Waals surface area contributed by atoms with Gasteiger partial charge in [-0.1, -0.05) is 30.3 Å². The van der Waals surface area contributed by atoms with E-state index in [4.69, 9.17) is 4.42 Å². The Kier molecular flexibility index (Phi) is 5.33. The molecule has 6 heteroatoms. The molecular weight excluding hydrogens is 364 g/mol. The average molecular weight is 384 g/mol. The normalized spacial score (nSPS) is 10.5. The summed E-state index contributed by atoms with van der Waals surface area (Å²) in [6.45, 7) is 2.43. The summed E-state index contributed by atoms with van der Waals surface area (Å²) in [5.41, 5.74) is 4.45. The van der Waals surface area contributed by atoms with Crippen molar-refractivity contribution in [1.29, 1.82) is 0 Å². The molecule has 1 amide bonds. The second kappa shape index (κ2) is 8.39. The molecular formula is C23H20N4O2. The van der Waals surface area contributed by atoms with E-state index in [1.165, 1.54) is 0 Å². The highest BCUT2D eigenvalue weighted by Crippen LogP contribution is 2.26. The number of hydrogen-bond donors (Lipinski definition) is 2. The van der Waals surface area contributed by atoms with Gasteiger partial charge in [-0.3, -0.25) is 9.78 Å². The lowest BCUT2D eigenvalue weighted by molar-refractivity contribution is 0.0951. The highest BCUT2D eigenvalue weighted by Gasteiger charge is 2.09. The highest BCUT2D eigenvalue weighted by atomic mass is 16.4. The minimum Gasteiger partial charge on any atom is -0.423 e. The molecule has 0 aliphatic rings. The third-order valence-corrected chi connectivity index (χ3v) is 4.50. The van der Waals surface area contributed by atoms with Crippen molar-refractivity contribution in [2.75, 3.05) is 5.32 Å². The van der Waals surface area contributed by atoms with Crippen LogP contribution in [0.2, 0.25) is 0 Å². The van der Waals surface area contributed by atoms with Crippen LogP contribution < -0.4 is 10.6 Å². The second-order valence-corrected chi connectivity index (χ2v) is 6.59. The number of oxazole rings is 1. The lowest BCUT2D eigenvalue weighted by Crippen LogP contribution is -2.22. The van der Waals surface area contributed by atoms with Gasteiger partial charge >= 0.3 is 0 Å². The molecule has 0 saturated carbocycles. The zero-order valence-electron chi connectivity index (χ0n) is 15.9. The van der Waals surface area contributed by atoms with Crippen molar-refractivity contribution in [2.24, 2.45) is 0 Å². The fourth-order valence-electron chi connectivity index (χ4n) is 2.88. The summed E-state index contributed by atoms with van der Waals surface area (Å²) in [4.78, 5) is 20.6. The first-order valence-electron chi connectivity index (χ1n) is 9.25. The third kappa shape index (κ3) is 4.50. The van der Waals surface area contributed by atoms with Crippen molar-refractivity contribution >= 4 is 17.6 Å². The van der Waals surface area contributed by atoms with Gasteiger partial charge in [-0.05, 0) is 48.4 Å². The summed E-state index contributed by atoms with van der Waals surface area (Å²) in [7, 11) is 0. The molecule has 0 aliphatic carbocycles. The SMILES string of the molecule is Cc1ccc(CNC(=O)c2ccccc2)cc1Nc1ncc(-c2ccncc2)o1. The van der Waals surface area contributed by atoms with Crippen molar-refractivity contribution in [3.63, 3.8) is 0 Å². The van der Waals surface area contributed by atoms with Crippen molar-refractivity contribution < 1.29 is 9.21 Å². The zero-order valence-corrected chi connectivity index (χ0v) is 15.9. The van der Waals surface area contributed by atoms with Gasteiger partial charge in [0, 0.05) is 35.8 Å². The van der Waals surface area contributed by atoms with E-state index in [-0.39, 0.29) is 5.91 Å². The minimum absolute atomic E-state index is 0.102. The smallest absolute Gasteiger partial charge is 0.299 e. The summed E-state index contributed by atoms with van der Waals surface area (Å²) in [5, 5.41) is 6.16. The molecule has 0 spiro atoms. The molecule has 0 atom stereocenters. The van der Waals surface area contributed by atoms with E-state index < -0.39 is 0 Å². The number of aryl methyl sites for hydroxylation is 1. The lowest BCUT2D eigenvalue weighted by atomic mass is 10.1. The van der Waals surface area contributed by atoms with E-state index in [1.807, 2.05) is 55.5 Å². The van der Waals surface area contributed by atoms with Crippen LogP contribution in [0, 0.1) is 6.92 Å². The standard InChI is InChI=1S/C23H20N4O2/c1-16-7-8-17(14-25-22(28)19-5-3-2-4-6-19)13-20(16)27-23-26-15-21(29-23)18-9-11-24-12-10-18/h2-13,15H,14H2,1H3,(H,25,28)(H,26,27). The highest BCUT2D eigenvalue weighted by molar-refractivity contribution is 5.94. The molecule has 0 unspecified atom stereocenters. The predicted molar refractivity (Wildman–Crippen MR) is 112 cm³/mol. The molecule has 4 rings (SSSR count). The Morgan fingerprint density at radius 1 is 1.03 bits per heavy atom. The summed E-state index contributed by atoms with van der Waals surface area (Å²) in [6.07, 6.45) is 5.10. The van der Waals surface area contributed by atoms with Gasteiger partial charge < -0.3 is 15.1 Å². The van der Waals surface area contributed by atoms with Gasteiger partial charge in [0.05, 0.1) is 6.20 Å². The first-order chi connectivity index (χ1) is 14.2. The minimum atomic E-state index is -0.102. The number of pyridine rings is 1. The number of benzene rings is 2. The van der Waals surface area contributed by atoms with Crippen molar-refractivity contribution in [3.05, 3.63) is 95.9 Å². The number of hydrogen-bond acceptors (Lipinski definition) is 5. The fraction of sp³-hybridized carbons (Fsp3) is 0.0870. The van der Waals surface area contributed by atoms with Gasteiger partial charge in [0.15, 0.2) is 5.76 Å².